The minimum atomic E-state index is -0.542. The molecular formula is C12H10BrN3O2. The molecule has 5 nitrogen and oxygen atoms in total. The first-order valence-corrected chi connectivity index (χ1v) is 5.99. The molecule has 0 saturated carbocycles. The first-order valence-electron chi connectivity index (χ1n) is 5.20. The predicted octanol–water partition coefficient (Wildman–Crippen LogP) is 1.23. The molecule has 0 bridgehead atoms. The summed E-state index contributed by atoms with van der Waals surface area (Å²) in [5.41, 5.74) is 6.04. The lowest BCUT2D eigenvalue weighted by atomic mass is 10.1. The van der Waals surface area contributed by atoms with Gasteiger partial charge in [-0.2, -0.15) is 0 Å². The summed E-state index contributed by atoms with van der Waals surface area (Å²) < 4.78 is 0.335. The van der Waals surface area contributed by atoms with Crippen LogP contribution < -0.4 is 11.3 Å². The number of carbonyl (C=O) groups is 1. The number of aromatic amines is 1. The van der Waals surface area contributed by atoms with Crippen molar-refractivity contribution in [1.29, 1.82) is 0 Å². The zero-order valence-corrected chi connectivity index (χ0v) is 10.9. The Morgan fingerprint density at radius 3 is 2.61 bits per heavy atom. The smallest absolute Gasteiger partial charge is 0.265 e. The Bertz CT molecular complexity index is 638. The molecule has 0 atom stereocenters. The van der Waals surface area contributed by atoms with Crippen molar-refractivity contribution in [2.45, 2.75) is 6.42 Å². The molecule has 92 valence electrons. The fraction of sp³-hybridized carbons (Fsp3) is 0.0833. The molecule has 1 aromatic heterocycles. The molecule has 6 heteroatoms. The highest BCUT2D eigenvalue weighted by molar-refractivity contribution is 9.10. The number of amides is 1. The minimum Gasteiger partial charge on any atom is -0.369 e. The van der Waals surface area contributed by atoms with Gasteiger partial charge in [0.05, 0.1) is 12.1 Å². The maximum atomic E-state index is 11.7. The molecule has 3 N–H and O–H groups in total. The van der Waals surface area contributed by atoms with Gasteiger partial charge in [0.15, 0.2) is 0 Å². The molecule has 1 amide bonds. The summed E-state index contributed by atoms with van der Waals surface area (Å²) in [6, 6.07) is 9.23. The van der Waals surface area contributed by atoms with Gasteiger partial charge in [0.1, 0.15) is 10.3 Å². The molecule has 2 aromatic rings. The molecule has 0 saturated heterocycles. The zero-order chi connectivity index (χ0) is 13.1. The van der Waals surface area contributed by atoms with E-state index in [1.54, 1.807) is 0 Å². The second-order valence-corrected chi connectivity index (χ2v) is 4.48. The van der Waals surface area contributed by atoms with Crippen molar-refractivity contribution in [1.82, 2.24) is 9.97 Å². The van der Waals surface area contributed by atoms with Crippen LogP contribution >= 0.6 is 15.9 Å². The van der Waals surface area contributed by atoms with Crippen molar-refractivity contribution >= 4 is 21.8 Å². The second kappa shape index (κ2) is 5.14. The van der Waals surface area contributed by atoms with Crippen molar-refractivity contribution in [3.05, 3.63) is 51.0 Å². The van der Waals surface area contributed by atoms with Crippen molar-refractivity contribution in [3.63, 3.8) is 0 Å². The number of hydrogen-bond donors (Lipinski definition) is 2. The number of nitrogens with zero attached hydrogens (tertiary/aromatic N) is 1. The number of H-pyrrole nitrogens is 1. The standard InChI is InChI=1S/C12H10BrN3O2/c13-10-11(7-4-2-1-3-5-7)15-9(6-8(14)17)16-12(10)18/h1-5H,6H2,(H2,14,17)(H,15,16,18). The van der Waals surface area contributed by atoms with E-state index in [1.165, 1.54) is 0 Å². The maximum Gasteiger partial charge on any atom is 0.265 e. The molecule has 0 aliphatic rings. The van der Waals surface area contributed by atoms with Gasteiger partial charge in [-0.05, 0) is 15.9 Å². The Balaban J connectivity index is 2.56. The lowest BCUT2D eigenvalue weighted by molar-refractivity contribution is -0.117. The molecular weight excluding hydrogens is 298 g/mol. The Labute approximate surface area is 111 Å². The van der Waals surface area contributed by atoms with Gasteiger partial charge in [-0.15, -0.1) is 0 Å². The van der Waals surface area contributed by atoms with E-state index in [2.05, 4.69) is 25.9 Å². The minimum absolute atomic E-state index is 0.0949. The van der Waals surface area contributed by atoms with E-state index >= 15 is 0 Å². The van der Waals surface area contributed by atoms with E-state index in [-0.39, 0.29) is 17.8 Å². The molecule has 1 heterocycles. The average molecular weight is 308 g/mol. The summed E-state index contributed by atoms with van der Waals surface area (Å²) in [6.07, 6.45) is -0.0949. The maximum absolute atomic E-state index is 11.7. The lowest BCUT2D eigenvalue weighted by Gasteiger charge is -2.05. The summed E-state index contributed by atoms with van der Waals surface area (Å²) >= 11 is 3.19. The van der Waals surface area contributed by atoms with Gasteiger partial charge >= 0.3 is 0 Å². The van der Waals surface area contributed by atoms with Crippen molar-refractivity contribution in [3.8, 4) is 11.3 Å². The number of primary amides is 1. The molecule has 0 aliphatic carbocycles. The third kappa shape index (κ3) is 2.65. The van der Waals surface area contributed by atoms with E-state index in [4.69, 9.17) is 5.73 Å². The van der Waals surface area contributed by atoms with Crippen molar-refractivity contribution in [2.75, 3.05) is 0 Å². The first-order chi connectivity index (χ1) is 8.58. The van der Waals surface area contributed by atoms with Gasteiger partial charge in [-0.25, -0.2) is 4.98 Å². The van der Waals surface area contributed by atoms with Crippen LogP contribution in [0.3, 0.4) is 0 Å². The largest absolute Gasteiger partial charge is 0.369 e. The summed E-state index contributed by atoms with van der Waals surface area (Å²) in [5, 5.41) is 0. The molecule has 0 unspecified atom stereocenters. The molecule has 2 rings (SSSR count). The number of halogens is 1. The van der Waals surface area contributed by atoms with Gasteiger partial charge in [0.2, 0.25) is 5.91 Å². The monoisotopic (exact) mass is 307 g/mol. The fourth-order valence-corrected chi connectivity index (χ4v) is 1.96. The Kier molecular flexibility index (Phi) is 3.57. The third-order valence-corrected chi connectivity index (χ3v) is 3.04. The van der Waals surface area contributed by atoms with Gasteiger partial charge in [-0.1, -0.05) is 30.3 Å². The average Bonchev–Trinajstić information content (AvgIpc) is 2.34. The van der Waals surface area contributed by atoms with Crippen LogP contribution in [0.2, 0.25) is 0 Å². The molecule has 0 fully saturated rings. The number of nitrogens with two attached hydrogens (primary N) is 1. The van der Waals surface area contributed by atoms with Crippen LogP contribution in [0.1, 0.15) is 5.82 Å². The Hall–Kier alpha value is -1.95. The van der Waals surface area contributed by atoms with Crippen LogP contribution in [0.25, 0.3) is 11.3 Å². The number of aromatic nitrogens is 2. The van der Waals surface area contributed by atoms with Crippen LogP contribution in [-0.2, 0) is 11.2 Å². The van der Waals surface area contributed by atoms with Crippen LogP contribution in [-0.4, -0.2) is 15.9 Å². The van der Waals surface area contributed by atoms with E-state index in [0.29, 0.717) is 10.2 Å². The quantitative estimate of drug-likeness (QED) is 0.893. The van der Waals surface area contributed by atoms with E-state index in [0.717, 1.165) is 5.56 Å². The van der Waals surface area contributed by atoms with Gasteiger partial charge in [0, 0.05) is 5.56 Å². The van der Waals surface area contributed by atoms with Gasteiger partial charge in [0.25, 0.3) is 5.56 Å². The highest BCUT2D eigenvalue weighted by atomic mass is 79.9. The van der Waals surface area contributed by atoms with Gasteiger partial charge < -0.3 is 10.7 Å². The number of benzene rings is 1. The number of rotatable bonds is 3. The topological polar surface area (TPSA) is 88.8 Å². The van der Waals surface area contributed by atoms with E-state index in [1.807, 2.05) is 30.3 Å². The SMILES string of the molecule is NC(=O)Cc1nc(-c2ccccc2)c(Br)c(=O)[nH]1. The van der Waals surface area contributed by atoms with Crippen LogP contribution in [0.5, 0.6) is 0 Å². The van der Waals surface area contributed by atoms with Crippen molar-refractivity contribution < 1.29 is 4.79 Å². The van der Waals surface area contributed by atoms with Crippen LogP contribution in [0.15, 0.2) is 39.6 Å². The normalized spacial score (nSPS) is 10.3. The Morgan fingerprint density at radius 2 is 2.00 bits per heavy atom. The summed E-state index contributed by atoms with van der Waals surface area (Å²) in [6.45, 7) is 0. The summed E-state index contributed by atoms with van der Waals surface area (Å²) in [5.74, 6) is -0.283. The van der Waals surface area contributed by atoms with Gasteiger partial charge in [-0.3, -0.25) is 9.59 Å². The summed E-state index contributed by atoms with van der Waals surface area (Å²) in [7, 11) is 0. The highest BCUT2D eigenvalue weighted by Crippen LogP contribution is 2.22. The van der Waals surface area contributed by atoms with E-state index < -0.39 is 5.91 Å². The molecule has 0 radical (unpaired) electrons. The second-order valence-electron chi connectivity index (χ2n) is 3.68. The highest BCUT2D eigenvalue weighted by Gasteiger charge is 2.11. The molecule has 1 aromatic carbocycles. The predicted molar refractivity (Wildman–Crippen MR) is 70.9 cm³/mol. The number of nitrogens with one attached hydrogen (secondary N) is 1. The first kappa shape index (κ1) is 12.5. The van der Waals surface area contributed by atoms with Crippen LogP contribution in [0, 0.1) is 0 Å². The number of hydrogen-bond acceptors (Lipinski definition) is 3. The molecule has 18 heavy (non-hydrogen) atoms. The zero-order valence-electron chi connectivity index (χ0n) is 9.31. The van der Waals surface area contributed by atoms with Crippen molar-refractivity contribution in [2.24, 2.45) is 5.73 Å². The lowest BCUT2D eigenvalue weighted by Crippen LogP contribution is -2.20. The molecule has 0 spiro atoms. The van der Waals surface area contributed by atoms with Crippen LogP contribution in [0.4, 0.5) is 0 Å². The van der Waals surface area contributed by atoms with E-state index in [9.17, 15) is 9.59 Å². The molecule has 0 aliphatic heterocycles. The number of carbonyl (C=O) groups excluding carboxylic acids is 1. The third-order valence-electron chi connectivity index (χ3n) is 2.30. The Morgan fingerprint density at radius 1 is 1.33 bits per heavy atom. The summed E-state index contributed by atoms with van der Waals surface area (Å²) in [4.78, 5) is 29.3. The fourth-order valence-electron chi connectivity index (χ4n) is 1.54.